The van der Waals surface area contributed by atoms with Crippen molar-refractivity contribution in [3.05, 3.63) is 16.8 Å². The lowest BCUT2D eigenvalue weighted by atomic mass is 10.1. The molecule has 1 amide bonds. The standard InChI is InChI=1S/C17H22N4O2S/c1-10-13-15(20-12-6-7-23-8-12)18-9-19-17(13)24-14(10)16(22)21-11-4-2-3-5-11/h9,11-12H,2-8H2,1H3,(H,21,22)(H,18,19,20). The zero-order valence-electron chi connectivity index (χ0n) is 13.8. The molecular formula is C17H22N4O2S. The molecule has 1 aliphatic heterocycles. The first kappa shape index (κ1) is 15.8. The van der Waals surface area contributed by atoms with Crippen molar-refractivity contribution < 1.29 is 9.53 Å². The van der Waals surface area contributed by atoms with Crippen LogP contribution in [0.5, 0.6) is 0 Å². The first-order valence-corrected chi connectivity index (χ1v) is 9.43. The molecule has 128 valence electrons. The minimum Gasteiger partial charge on any atom is -0.379 e. The van der Waals surface area contributed by atoms with Crippen LogP contribution in [0.4, 0.5) is 5.82 Å². The Morgan fingerprint density at radius 1 is 1.25 bits per heavy atom. The number of nitrogens with one attached hydrogen (secondary N) is 2. The molecule has 0 bridgehead atoms. The van der Waals surface area contributed by atoms with Gasteiger partial charge in [0.05, 0.1) is 22.9 Å². The number of hydrogen-bond acceptors (Lipinski definition) is 6. The molecule has 0 radical (unpaired) electrons. The smallest absolute Gasteiger partial charge is 0.261 e. The van der Waals surface area contributed by atoms with E-state index in [1.165, 1.54) is 24.2 Å². The van der Waals surface area contributed by atoms with Gasteiger partial charge in [-0.15, -0.1) is 11.3 Å². The molecule has 1 unspecified atom stereocenters. The third kappa shape index (κ3) is 2.98. The lowest BCUT2D eigenvalue weighted by Crippen LogP contribution is -2.32. The molecule has 3 heterocycles. The van der Waals surface area contributed by atoms with E-state index >= 15 is 0 Å². The van der Waals surface area contributed by atoms with Crippen molar-refractivity contribution in [1.29, 1.82) is 0 Å². The Bertz CT molecular complexity index is 748. The van der Waals surface area contributed by atoms with Crippen LogP contribution < -0.4 is 10.6 Å². The monoisotopic (exact) mass is 346 g/mol. The highest BCUT2D eigenvalue weighted by Crippen LogP contribution is 2.34. The highest BCUT2D eigenvalue weighted by atomic mass is 32.1. The van der Waals surface area contributed by atoms with E-state index in [2.05, 4.69) is 20.6 Å². The Balaban J connectivity index is 1.62. The maximum Gasteiger partial charge on any atom is 0.261 e. The fraction of sp³-hybridized carbons (Fsp3) is 0.588. The van der Waals surface area contributed by atoms with Gasteiger partial charge in [0.2, 0.25) is 0 Å². The van der Waals surface area contributed by atoms with E-state index in [4.69, 9.17) is 4.74 Å². The van der Waals surface area contributed by atoms with Crippen LogP contribution in [0.15, 0.2) is 6.33 Å². The van der Waals surface area contributed by atoms with Gasteiger partial charge in [-0.3, -0.25) is 4.79 Å². The highest BCUT2D eigenvalue weighted by molar-refractivity contribution is 7.20. The first-order valence-electron chi connectivity index (χ1n) is 8.61. The number of aromatic nitrogens is 2. The lowest BCUT2D eigenvalue weighted by Gasteiger charge is -2.13. The van der Waals surface area contributed by atoms with E-state index in [-0.39, 0.29) is 11.9 Å². The molecule has 24 heavy (non-hydrogen) atoms. The van der Waals surface area contributed by atoms with Gasteiger partial charge in [0, 0.05) is 12.6 Å². The van der Waals surface area contributed by atoms with Gasteiger partial charge in [0.25, 0.3) is 5.91 Å². The van der Waals surface area contributed by atoms with Crippen LogP contribution in [-0.2, 0) is 4.74 Å². The van der Waals surface area contributed by atoms with E-state index in [0.717, 1.165) is 52.3 Å². The molecule has 1 atom stereocenters. The van der Waals surface area contributed by atoms with E-state index in [1.807, 2.05) is 6.92 Å². The number of hydrogen-bond donors (Lipinski definition) is 2. The van der Waals surface area contributed by atoms with Crippen molar-refractivity contribution in [1.82, 2.24) is 15.3 Å². The van der Waals surface area contributed by atoms with Gasteiger partial charge in [-0.2, -0.15) is 0 Å². The summed E-state index contributed by atoms with van der Waals surface area (Å²) in [5.74, 6) is 0.835. The van der Waals surface area contributed by atoms with Crippen LogP contribution in [0.25, 0.3) is 10.2 Å². The number of ether oxygens (including phenoxy) is 1. The summed E-state index contributed by atoms with van der Waals surface area (Å²) in [6, 6.07) is 0.597. The van der Waals surface area contributed by atoms with Crippen LogP contribution in [0.3, 0.4) is 0 Å². The molecule has 1 saturated carbocycles. The lowest BCUT2D eigenvalue weighted by molar-refractivity contribution is 0.0941. The topological polar surface area (TPSA) is 76.1 Å². The van der Waals surface area contributed by atoms with Crippen molar-refractivity contribution in [3.63, 3.8) is 0 Å². The van der Waals surface area contributed by atoms with Crippen molar-refractivity contribution >= 4 is 33.3 Å². The summed E-state index contributed by atoms with van der Waals surface area (Å²) in [6.07, 6.45) is 7.13. The SMILES string of the molecule is Cc1c(C(=O)NC2CCCC2)sc2ncnc(NC3CCOC3)c12. The van der Waals surface area contributed by atoms with Crippen molar-refractivity contribution in [2.75, 3.05) is 18.5 Å². The van der Waals surface area contributed by atoms with Crippen molar-refractivity contribution in [3.8, 4) is 0 Å². The van der Waals surface area contributed by atoms with Gasteiger partial charge < -0.3 is 15.4 Å². The summed E-state index contributed by atoms with van der Waals surface area (Å²) in [7, 11) is 0. The number of fused-ring (bicyclic) bond motifs is 1. The summed E-state index contributed by atoms with van der Waals surface area (Å²) >= 11 is 1.45. The quantitative estimate of drug-likeness (QED) is 0.890. The Hall–Kier alpha value is -1.73. The van der Waals surface area contributed by atoms with Gasteiger partial charge in [0.1, 0.15) is 17.0 Å². The maximum absolute atomic E-state index is 12.7. The number of amides is 1. The third-order valence-corrected chi connectivity index (χ3v) is 6.09. The number of carbonyl (C=O) groups excluding carboxylic acids is 1. The molecule has 2 fully saturated rings. The molecule has 0 spiro atoms. The zero-order valence-corrected chi connectivity index (χ0v) is 14.6. The average molecular weight is 346 g/mol. The molecule has 1 aliphatic carbocycles. The minimum absolute atomic E-state index is 0.0255. The number of rotatable bonds is 4. The van der Waals surface area contributed by atoms with Gasteiger partial charge in [-0.25, -0.2) is 9.97 Å². The van der Waals surface area contributed by atoms with Crippen molar-refractivity contribution in [2.24, 2.45) is 0 Å². The molecule has 7 heteroatoms. The zero-order chi connectivity index (χ0) is 16.5. The molecule has 2 aromatic heterocycles. The van der Waals surface area contributed by atoms with Crippen LogP contribution in [0.2, 0.25) is 0 Å². The first-order chi connectivity index (χ1) is 11.7. The normalized spacial score (nSPS) is 21.5. The van der Waals surface area contributed by atoms with E-state index in [1.54, 1.807) is 6.33 Å². The summed E-state index contributed by atoms with van der Waals surface area (Å²) in [5.41, 5.74) is 0.965. The van der Waals surface area contributed by atoms with Crippen LogP contribution in [0.1, 0.15) is 47.3 Å². The molecule has 2 aromatic rings. The van der Waals surface area contributed by atoms with E-state index < -0.39 is 0 Å². The fourth-order valence-corrected chi connectivity index (χ4v) is 4.61. The Morgan fingerprint density at radius 2 is 2.08 bits per heavy atom. The molecule has 6 nitrogen and oxygen atoms in total. The summed E-state index contributed by atoms with van der Waals surface area (Å²) in [4.78, 5) is 23.0. The number of carbonyl (C=O) groups is 1. The number of anilines is 1. The summed E-state index contributed by atoms with van der Waals surface area (Å²) < 4.78 is 5.42. The molecule has 1 saturated heterocycles. The molecule has 2 N–H and O–H groups in total. The predicted molar refractivity (Wildman–Crippen MR) is 94.7 cm³/mol. The third-order valence-electron chi connectivity index (χ3n) is 4.89. The maximum atomic E-state index is 12.7. The number of thiophene rings is 1. The molecule has 2 aliphatic rings. The highest BCUT2D eigenvalue weighted by Gasteiger charge is 2.24. The summed E-state index contributed by atoms with van der Waals surface area (Å²) in [5, 5.41) is 7.59. The van der Waals surface area contributed by atoms with Gasteiger partial charge in [-0.1, -0.05) is 12.8 Å². The fourth-order valence-electron chi connectivity index (χ4n) is 3.56. The van der Waals surface area contributed by atoms with Crippen LogP contribution in [-0.4, -0.2) is 41.2 Å². The predicted octanol–water partition coefficient (Wildman–Crippen LogP) is 2.87. The number of nitrogens with zero attached hydrogens (tertiary/aromatic N) is 2. The Kier molecular flexibility index (Phi) is 4.37. The van der Waals surface area contributed by atoms with Crippen LogP contribution in [0, 0.1) is 6.92 Å². The van der Waals surface area contributed by atoms with Crippen molar-refractivity contribution in [2.45, 2.75) is 51.1 Å². The van der Waals surface area contributed by atoms with Gasteiger partial charge >= 0.3 is 0 Å². The Morgan fingerprint density at radius 3 is 2.83 bits per heavy atom. The number of aryl methyl sites for hydroxylation is 1. The average Bonchev–Trinajstić information content (AvgIpc) is 3.30. The second-order valence-corrected chi connectivity index (χ2v) is 7.62. The van der Waals surface area contributed by atoms with Crippen LogP contribution >= 0.6 is 11.3 Å². The minimum atomic E-state index is 0.0255. The van der Waals surface area contributed by atoms with Gasteiger partial charge in [-0.05, 0) is 31.7 Å². The molecule has 0 aromatic carbocycles. The van der Waals surface area contributed by atoms with E-state index in [9.17, 15) is 4.79 Å². The summed E-state index contributed by atoms with van der Waals surface area (Å²) in [6.45, 7) is 3.47. The Labute approximate surface area is 145 Å². The molecular weight excluding hydrogens is 324 g/mol. The van der Waals surface area contributed by atoms with E-state index in [0.29, 0.717) is 12.6 Å². The van der Waals surface area contributed by atoms with Gasteiger partial charge in [0.15, 0.2) is 0 Å². The second kappa shape index (κ2) is 6.64. The largest absolute Gasteiger partial charge is 0.379 e. The second-order valence-electron chi connectivity index (χ2n) is 6.62. The molecule has 4 rings (SSSR count).